The van der Waals surface area contributed by atoms with Crippen molar-refractivity contribution in [2.24, 2.45) is 5.73 Å². The van der Waals surface area contributed by atoms with Gasteiger partial charge < -0.3 is 20.3 Å². The number of benzene rings is 1. The molecular formula is C13H19NO3. The van der Waals surface area contributed by atoms with Gasteiger partial charge in [-0.3, -0.25) is 0 Å². The lowest BCUT2D eigenvalue weighted by Crippen LogP contribution is -2.31. The van der Waals surface area contributed by atoms with Crippen molar-refractivity contribution in [1.82, 2.24) is 0 Å². The summed E-state index contributed by atoms with van der Waals surface area (Å²) in [5.74, 6) is 1.29. The maximum absolute atomic E-state index is 9.86. The van der Waals surface area contributed by atoms with Gasteiger partial charge in [0, 0.05) is 23.1 Å². The number of ether oxygens (including phenoxy) is 2. The fraction of sp³-hybridized carbons (Fsp3) is 0.538. The lowest BCUT2D eigenvalue weighted by Gasteiger charge is -2.23. The first-order valence-electron chi connectivity index (χ1n) is 5.76. The maximum Gasteiger partial charge on any atom is 0.164 e. The van der Waals surface area contributed by atoms with Crippen LogP contribution in [0.3, 0.4) is 0 Å². The summed E-state index contributed by atoms with van der Waals surface area (Å²) in [5.41, 5.74) is 6.97. The summed E-state index contributed by atoms with van der Waals surface area (Å²) in [6, 6.07) is 3.48. The topological polar surface area (TPSA) is 64.7 Å². The number of methoxy groups -OCH3 is 2. The molecule has 1 unspecified atom stereocenters. The Morgan fingerprint density at radius 1 is 1.24 bits per heavy atom. The van der Waals surface area contributed by atoms with Crippen molar-refractivity contribution in [3.63, 3.8) is 0 Å². The van der Waals surface area contributed by atoms with Crippen LogP contribution in [0.15, 0.2) is 12.1 Å². The van der Waals surface area contributed by atoms with Crippen molar-refractivity contribution in [2.45, 2.75) is 31.2 Å². The molecule has 1 aliphatic carbocycles. The minimum atomic E-state index is -0.0465. The van der Waals surface area contributed by atoms with E-state index in [1.807, 2.05) is 6.92 Å². The van der Waals surface area contributed by atoms with Crippen molar-refractivity contribution in [3.8, 4) is 17.2 Å². The van der Waals surface area contributed by atoms with Crippen molar-refractivity contribution < 1.29 is 14.6 Å². The number of hydrogen-bond acceptors (Lipinski definition) is 4. The molecule has 1 aliphatic rings. The van der Waals surface area contributed by atoms with E-state index in [0.717, 1.165) is 24.2 Å². The Morgan fingerprint density at radius 2 is 1.82 bits per heavy atom. The van der Waals surface area contributed by atoms with Gasteiger partial charge in [0.05, 0.1) is 14.2 Å². The third kappa shape index (κ3) is 1.82. The molecule has 0 radical (unpaired) electrons. The molecule has 17 heavy (non-hydrogen) atoms. The van der Waals surface area contributed by atoms with Crippen LogP contribution in [0.4, 0.5) is 0 Å². The Balaban J connectivity index is 2.50. The molecule has 0 bridgehead atoms. The number of hydrogen-bond donors (Lipinski definition) is 2. The first kappa shape index (κ1) is 12.0. The van der Waals surface area contributed by atoms with Gasteiger partial charge in [0.15, 0.2) is 11.5 Å². The average Bonchev–Trinajstić information content (AvgIpc) is 3.09. The zero-order valence-electron chi connectivity index (χ0n) is 10.5. The van der Waals surface area contributed by atoms with E-state index >= 15 is 0 Å². The van der Waals surface area contributed by atoms with Crippen LogP contribution >= 0.6 is 0 Å². The largest absolute Gasteiger partial charge is 0.504 e. The Kier molecular flexibility index (Phi) is 2.91. The first-order valence-corrected chi connectivity index (χ1v) is 5.76. The van der Waals surface area contributed by atoms with E-state index in [2.05, 4.69) is 0 Å². The molecule has 1 aromatic rings. The first-order chi connectivity index (χ1) is 8.05. The Hall–Kier alpha value is -1.42. The van der Waals surface area contributed by atoms with Gasteiger partial charge in [0.1, 0.15) is 5.75 Å². The van der Waals surface area contributed by atoms with Gasteiger partial charge in [-0.25, -0.2) is 0 Å². The summed E-state index contributed by atoms with van der Waals surface area (Å²) in [6.07, 6.45) is 2.07. The normalized spacial score (nSPS) is 18.6. The smallest absolute Gasteiger partial charge is 0.164 e. The minimum Gasteiger partial charge on any atom is -0.504 e. The van der Waals surface area contributed by atoms with Gasteiger partial charge in [-0.05, 0) is 25.8 Å². The predicted octanol–water partition coefficient (Wildman–Crippen LogP) is 1.79. The Labute approximate surface area is 101 Å². The molecule has 1 atom stereocenters. The second kappa shape index (κ2) is 4.11. The average molecular weight is 237 g/mol. The second-order valence-electron chi connectivity index (χ2n) is 4.67. The van der Waals surface area contributed by atoms with E-state index in [4.69, 9.17) is 15.2 Å². The molecule has 0 saturated heterocycles. The Morgan fingerprint density at radius 3 is 2.24 bits per heavy atom. The molecule has 2 rings (SSSR count). The standard InChI is InChI=1S/C13H19NO3/c1-8(14)13(4-5-13)9-6-10(15)12(17-3)7-11(9)16-2/h6-8,15H,4-5,14H2,1-3H3. The van der Waals surface area contributed by atoms with Crippen LogP contribution < -0.4 is 15.2 Å². The van der Waals surface area contributed by atoms with E-state index in [9.17, 15) is 5.11 Å². The Bertz CT molecular complexity index is 425. The summed E-state index contributed by atoms with van der Waals surface area (Å²) in [6.45, 7) is 1.99. The molecule has 4 heteroatoms. The van der Waals surface area contributed by atoms with E-state index in [1.54, 1.807) is 19.2 Å². The number of nitrogens with two attached hydrogens (primary N) is 1. The lowest BCUT2D eigenvalue weighted by molar-refractivity contribution is 0.358. The van der Waals surface area contributed by atoms with Crippen LogP contribution in [0.5, 0.6) is 17.2 Å². The molecule has 0 amide bonds. The minimum absolute atomic E-state index is 0.0456. The second-order valence-corrected chi connectivity index (χ2v) is 4.67. The van der Waals surface area contributed by atoms with Crippen molar-refractivity contribution in [1.29, 1.82) is 0 Å². The van der Waals surface area contributed by atoms with E-state index in [1.165, 1.54) is 7.11 Å². The summed E-state index contributed by atoms with van der Waals surface area (Å²) in [5, 5.41) is 9.86. The van der Waals surface area contributed by atoms with Gasteiger partial charge in [-0.1, -0.05) is 0 Å². The fourth-order valence-corrected chi connectivity index (χ4v) is 2.38. The number of phenols is 1. The molecule has 0 spiro atoms. The molecule has 1 aromatic carbocycles. The summed E-state index contributed by atoms with van der Waals surface area (Å²) in [4.78, 5) is 0. The SMILES string of the molecule is COc1cc(OC)c(C2(C(C)N)CC2)cc1O. The molecule has 0 aromatic heterocycles. The summed E-state index contributed by atoms with van der Waals surface area (Å²) in [7, 11) is 3.14. The highest BCUT2D eigenvalue weighted by molar-refractivity contribution is 5.55. The number of phenolic OH excluding ortho intramolecular Hbond substituents is 1. The van der Waals surface area contributed by atoms with E-state index in [0.29, 0.717) is 5.75 Å². The summed E-state index contributed by atoms with van der Waals surface area (Å²) >= 11 is 0. The third-order valence-electron chi connectivity index (χ3n) is 3.70. The molecule has 94 valence electrons. The highest BCUT2D eigenvalue weighted by Gasteiger charge is 2.49. The molecule has 4 nitrogen and oxygen atoms in total. The van der Waals surface area contributed by atoms with Crippen LogP contribution in [0.25, 0.3) is 0 Å². The molecule has 1 saturated carbocycles. The van der Waals surface area contributed by atoms with E-state index < -0.39 is 0 Å². The van der Waals surface area contributed by atoms with Gasteiger partial charge >= 0.3 is 0 Å². The van der Waals surface area contributed by atoms with Crippen LogP contribution in [-0.2, 0) is 5.41 Å². The van der Waals surface area contributed by atoms with Gasteiger partial charge in [-0.2, -0.15) is 0 Å². The highest BCUT2D eigenvalue weighted by atomic mass is 16.5. The molecule has 0 aliphatic heterocycles. The van der Waals surface area contributed by atoms with Crippen LogP contribution in [0, 0.1) is 0 Å². The van der Waals surface area contributed by atoms with Crippen LogP contribution in [0.1, 0.15) is 25.3 Å². The molecule has 3 N–H and O–H groups in total. The van der Waals surface area contributed by atoms with Crippen molar-refractivity contribution in [2.75, 3.05) is 14.2 Å². The monoisotopic (exact) mass is 237 g/mol. The van der Waals surface area contributed by atoms with Crippen molar-refractivity contribution >= 4 is 0 Å². The number of rotatable bonds is 4. The van der Waals surface area contributed by atoms with Gasteiger partial charge in [0.25, 0.3) is 0 Å². The zero-order valence-corrected chi connectivity index (χ0v) is 10.5. The fourth-order valence-electron chi connectivity index (χ4n) is 2.38. The lowest BCUT2D eigenvalue weighted by atomic mass is 9.88. The molecule has 0 heterocycles. The predicted molar refractivity (Wildman–Crippen MR) is 65.8 cm³/mol. The molecule has 1 fully saturated rings. The van der Waals surface area contributed by atoms with Crippen molar-refractivity contribution in [3.05, 3.63) is 17.7 Å². The zero-order chi connectivity index (χ0) is 12.6. The quantitative estimate of drug-likeness (QED) is 0.838. The van der Waals surface area contributed by atoms with Gasteiger partial charge in [-0.15, -0.1) is 0 Å². The molecular weight excluding hydrogens is 218 g/mol. The van der Waals surface area contributed by atoms with Crippen LogP contribution in [0.2, 0.25) is 0 Å². The van der Waals surface area contributed by atoms with Crippen LogP contribution in [-0.4, -0.2) is 25.4 Å². The summed E-state index contributed by atoms with van der Waals surface area (Å²) < 4.78 is 10.4. The highest BCUT2D eigenvalue weighted by Crippen LogP contribution is 2.54. The van der Waals surface area contributed by atoms with E-state index in [-0.39, 0.29) is 17.2 Å². The number of aromatic hydroxyl groups is 1. The van der Waals surface area contributed by atoms with Gasteiger partial charge in [0.2, 0.25) is 0 Å². The maximum atomic E-state index is 9.86. The third-order valence-corrected chi connectivity index (χ3v) is 3.70.